The summed E-state index contributed by atoms with van der Waals surface area (Å²) in [4.78, 5) is 26.6. The van der Waals surface area contributed by atoms with Crippen LogP contribution in [0.3, 0.4) is 0 Å². The number of nitrogens with zero attached hydrogens (tertiary/aromatic N) is 3. The zero-order chi connectivity index (χ0) is 18.8. The lowest BCUT2D eigenvalue weighted by Gasteiger charge is -2.19. The maximum atomic E-state index is 11.8. The first-order chi connectivity index (χ1) is 11.6. The van der Waals surface area contributed by atoms with Crippen LogP contribution in [0.15, 0.2) is 16.8 Å². The molecule has 9 nitrogen and oxygen atoms in total. The molecule has 1 N–H and O–H groups in total. The third-order valence-corrected chi connectivity index (χ3v) is 3.21. The summed E-state index contributed by atoms with van der Waals surface area (Å²) >= 11 is 0. The van der Waals surface area contributed by atoms with Gasteiger partial charge in [-0.3, -0.25) is 14.9 Å². The van der Waals surface area contributed by atoms with Crippen LogP contribution in [-0.4, -0.2) is 33.2 Å². The Morgan fingerprint density at radius 2 is 2.08 bits per heavy atom. The van der Waals surface area contributed by atoms with E-state index in [1.165, 1.54) is 12.3 Å². The fourth-order valence-corrected chi connectivity index (χ4v) is 2.29. The Morgan fingerprint density at radius 3 is 2.60 bits per heavy atom. The Labute approximate surface area is 144 Å². The van der Waals surface area contributed by atoms with Crippen molar-refractivity contribution in [1.29, 1.82) is 0 Å². The highest BCUT2D eigenvalue weighted by atomic mass is 16.6. The van der Waals surface area contributed by atoms with Gasteiger partial charge in [0.1, 0.15) is 17.9 Å². The number of nitro groups is 1. The molecule has 2 aromatic heterocycles. The Morgan fingerprint density at radius 1 is 1.40 bits per heavy atom. The molecule has 0 saturated carbocycles. The van der Waals surface area contributed by atoms with Crippen LogP contribution in [0.25, 0.3) is 11.1 Å². The molecule has 25 heavy (non-hydrogen) atoms. The monoisotopic (exact) mass is 348 g/mol. The second-order valence-electron chi connectivity index (χ2n) is 6.49. The van der Waals surface area contributed by atoms with Gasteiger partial charge in [0.15, 0.2) is 0 Å². The summed E-state index contributed by atoms with van der Waals surface area (Å²) in [6.45, 7) is 8.45. The Hall–Kier alpha value is -2.97. The number of nitrogens with one attached hydrogen (secondary N) is 1. The topological polar surface area (TPSA) is 120 Å². The summed E-state index contributed by atoms with van der Waals surface area (Å²) in [6, 6.07) is 1.37. The van der Waals surface area contributed by atoms with E-state index in [-0.39, 0.29) is 18.1 Å². The van der Waals surface area contributed by atoms with E-state index in [4.69, 9.17) is 9.26 Å². The molecule has 0 aliphatic rings. The number of hydrogen-bond acceptors (Lipinski definition) is 8. The molecule has 0 radical (unpaired) electrons. The van der Waals surface area contributed by atoms with Crippen LogP contribution >= 0.6 is 0 Å². The highest BCUT2D eigenvalue weighted by Gasteiger charge is 2.22. The first-order valence-corrected chi connectivity index (χ1v) is 7.62. The third-order valence-electron chi connectivity index (χ3n) is 3.21. The summed E-state index contributed by atoms with van der Waals surface area (Å²) < 4.78 is 10.2. The molecule has 0 fully saturated rings. The third kappa shape index (κ3) is 4.52. The first kappa shape index (κ1) is 18.4. The summed E-state index contributed by atoms with van der Waals surface area (Å²) in [7, 11) is 0. The van der Waals surface area contributed by atoms with E-state index in [0.29, 0.717) is 22.6 Å². The van der Waals surface area contributed by atoms with Gasteiger partial charge in [-0.1, -0.05) is 5.16 Å². The lowest BCUT2D eigenvalue weighted by molar-refractivity contribution is -0.384. The van der Waals surface area contributed by atoms with Crippen LogP contribution in [0.5, 0.6) is 0 Å². The number of aryl methyl sites for hydroxylation is 2. The van der Waals surface area contributed by atoms with Crippen LogP contribution in [0, 0.1) is 24.0 Å². The number of esters is 1. The smallest absolute Gasteiger partial charge is 0.325 e. The second-order valence-corrected chi connectivity index (χ2v) is 6.49. The van der Waals surface area contributed by atoms with Crippen LogP contribution in [0.2, 0.25) is 0 Å². The predicted molar refractivity (Wildman–Crippen MR) is 90.2 cm³/mol. The standard InChI is InChI=1S/C16H20N4O5/c1-9-14(10(2)25-19-9)11-6-12(20(22)23)15(17-7-11)18-8-13(21)24-16(3,4)5/h6-7H,8H2,1-5H3,(H,17,18). The molecule has 2 aromatic rings. The molecular weight excluding hydrogens is 328 g/mol. The Balaban J connectivity index is 2.26. The van der Waals surface area contributed by atoms with Crippen molar-refractivity contribution in [3.05, 3.63) is 33.8 Å². The molecule has 2 rings (SSSR count). The van der Waals surface area contributed by atoms with E-state index in [0.717, 1.165) is 0 Å². The van der Waals surface area contributed by atoms with Crippen molar-refractivity contribution in [2.45, 2.75) is 40.2 Å². The largest absolute Gasteiger partial charge is 0.459 e. The van der Waals surface area contributed by atoms with Gasteiger partial charge in [0.2, 0.25) is 5.82 Å². The van der Waals surface area contributed by atoms with Gasteiger partial charge < -0.3 is 14.6 Å². The lowest BCUT2D eigenvalue weighted by atomic mass is 10.1. The zero-order valence-electron chi connectivity index (χ0n) is 14.7. The highest BCUT2D eigenvalue weighted by Crippen LogP contribution is 2.32. The average Bonchev–Trinajstić information content (AvgIpc) is 2.82. The van der Waals surface area contributed by atoms with Crippen molar-refractivity contribution in [2.24, 2.45) is 0 Å². The van der Waals surface area contributed by atoms with Gasteiger partial charge in [-0.2, -0.15) is 0 Å². The maximum absolute atomic E-state index is 11.8. The number of pyridine rings is 1. The van der Waals surface area contributed by atoms with Gasteiger partial charge in [-0.15, -0.1) is 0 Å². The van der Waals surface area contributed by atoms with Crippen LogP contribution in [0.1, 0.15) is 32.2 Å². The van der Waals surface area contributed by atoms with Gasteiger partial charge in [-0.05, 0) is 34.6 Å². The molecule has 0 aromatic carbocycles. The van der Waals surface area contributed by atoms with E-state index >= 15 is 0 Å². The number of carbonyl (C=O) groups is 1. The zero-order valence-corrected chi connectivity index (χ0v) is 14.7. The van der Waals surface area contributed by atoms with Gasteiger partial charge >= 0.3 is 11.7 Å². The van der Waals surface area contributed by atoms with E-state index in [1.54, 1.807) is 34.6 Å². The van der Waals surface area contributed by atoms with Crippen LogP contribution < -0.4 is 5.32 Å². The van der Waals surface area contributed by atoms with Crippen molar-refractivity contribution in [3.8, 4) is 11.1 Å². The fourth-order valence-electron chi connectivity index (χ4n) is 2.29. The van der Waals surface area contributed by atoms with E-state index < -0.39 is 16.5 Å². The Kier molecular flexibility index (Phi) is 5.05. The summed E-state index contributed by atoms with van der Waals surface area (Å²) in [5.41, 5.74) is 0.912. The minimum atomic E-state index is -0.634. The number of carbonyl (C=O) groups excluding carboxylic acids is 1. The summed E-state index contributed by atoms with van der Waals surface area (Å²) in [5.74, 6) is 0.00725. The molecule has 0 bridgehead atoms. The van der Waals surface area contributed by atoms with Gasteiger partial charge in [-0.25, -0.2) is 4.98 Å². The summed E-state index contributed by atoms with van der Waals surface area (Å²) in [5, 5.41) is 17.8. The van der Waals surface area contributed by atoms with Gasteiger partial charge in [0, 0.05) is 23.4 Å². The minimum Gasteiger partial charge on any atom is -0.459 e. The summed E-state index contributed by atoms with van der Waals surface area (Å²) in [6.07, 6.45) is 1.47. The van der Waals surface area contributed by atoms with Crippen molar-refractivity contribution in [3.63, 3.8) is 0 Å². The van der Waals surface area contributed by atoms with Crippen molar-refractivity contribution >= 4 is 17.5 Å². The van der Waals surface area contributed by atoms with Gasteiger partial charge in [0.05, 0.1) is 10.6 Å². The lowest BCUT2D eigenvalue weighted by Crippen LogP contribution is -2.28. The number of hydrogen-bond donors (Lipinski definition) is 1. The second kappa shape index (κ2) is 6.88. The molecule has 2 heterocycles. The molecule has 9 heteroatoms. The van der Waals surface area contributed by atoms with E-state index in [1.807, 2.05) is 0 Å². The Bertz CT molecular complexity index is 788. The molecule has 0 spiro atoms. The maximum Gasteiger partial charge on any atom is 0.325 e. The molecule has 0 unspecified atom stereocenters. The SMILES string of the molecule is Cc1noc(C)c1-c1cnc(NCC(=O)OC(C)(C)C)c([N+](=O)[O-])c1. The van der Waals surface area contributed by atoms with Crippen LogP contribution in [0.4, 0.5) is 11.5 Å². The molecule has 0 atom stereocenters. The normalized spacial score (nSPS) is 11.2. The first-order valence-electron chi connectivity index (χ1n) is 7.62. The number of rotatable bonds is 5. The molecule has 0 saturated heterocycles. The number of ether oxygens (including phenoxy) is 1. The van der Waals surface area contributed by atoms with E-state index in [9.17, 15) is 14.9 Å². The molecule has 0 aliphatic heterocycles. The highest BCUT2D eigenvalue weighted by molar-refractivity contribution is 5.77. The minimum absolute atomic E-state index is 0.00799. The van der Waals surface area contributed by atoms with Crippen molar-refractivity contribution in [2.75, 3.05) is 11.9 Å². The van der Waals surface area contributed by atoms with Crippen LogP contribution in [-0.2, 0) is 9.53 Å². The van der Waals surface area contributed by atoms with Crippen molar-refractivity contribution < 1.29 is 19.0 Å². The molecule has 0 aliphatic carbocycles. The molecular formula is C16H20N4O5. The average molecular weight is 348 g/mol. The van der Waals surface area contributed by atoms with Crippen molar-refractivity contribution in [1.82, 2.24) is 10.1 Å². The number of aromatic nitrogens is 2. The van der Waals surface area contributed by atoms with Gasteiger partial charge in [0.25, 0.3) is 0 Å². The molecule has 134 valence electrons. The number of anilines is 1. The quantitative estimate of drug-likeness (QED) is 0.497. The fraction of sp³-hybridized carbons (Fsp3) is 0.438. The molecule has 0 amide bonds. The van der Waals surface area contributed by atoms with E-state index in [2.05, 4.69) is 15.5 Å². The predicted octanol–water partition coefficient (Wildman–Crippen LogP) is 3.02.